The lowest BCUT2D eigenvalue weighted by Gasteiger charge is -2.27. The van der Waals surface area contributed by atoms with Crippen LogP contribution in [0.5, 0.6) is 5.75 Å². The number of aryl methyl sites for hydroxylation is 1. The number of ether oxygens (including phenoxy) is 1. The van der Waals surface area contributed by atoms with E-state index in [1.54, 1.807) is 0 Å². The Hall–Kier alpha value is -1.44. The third kappa shape index (κ3) is 3.56. The first-order valence-electron chi connectivity index (χ1n) is 5.44. The van der Waals surface area contributed by atoms with Gasteiger partial charge in [0.2, 0.25) is 0 Å². The van der Waals surface area contributed by atoms with E-state index in [4.69, 9.17) is 4.74 Å². The van der Waals surface area contributed by atoms with Crippen molar-refractivity contribution < 1.29 is 36.2 Å². The maximum Gasteiger partial charge on any atom is 0.403 e. The molecule has 0 spiro atoms. The van der Waals surface area contributed by atoms with E-state index < -0.39 is 29.9 Å². The summed E-state index contributed by atoms with van der Waals surface area (Å²) in [6.07, 6.45) is -13.9. The van der Waals surface area contributed by atoms with Gasteiger partial charge in [-0.2, -0.15) is 26.3 Å². The molecule has 1 atom stereocenters. The number of alkyl halides is 6. The molecule has 8 heteroatoms. The summed E-state index contributed by atoms with van der Waals surface area (Å²) in [5.74, 6) is -3.53. The fraction of sp³-hybridized carbons (Fsp3) is 0.500. The normalized spacial score (nSPS) is 14.5. The highest BCUT2D eigenvalue weighted by atomic mass is 19.4. The summed E-state index contributed by atoms with van der Waals surface area (Å²) in [7, 11) is 1.31. The first-order chi connectivity index (χ1) is 8.98. The van der Waals surface area contributed by atoms with E-state index in [1.807, 2.05) is 0 Å². The lowest BCUT2D eigenvalue weighted by Crippen LogP contribution is -2.40. The number of aliphatic hydroxyl groups is 1. The summed E-state index contributed by atoms with van der Waals surface area (Å²) in [4.78, 5) is 0. The van der Waals surface area contributed by atoms with Crippen LogP contribution in [0.25, 0.3) is 0 Å². The fourth-order valence-electron chi connectivity index (χ4n) is 1.82. The van der Waals surface area contributed by atoms with Gasteiger partial charge in [0.1, 0.15) is 5.75 Å². The first kappa shape index (κ1) is 16.6. The highest BCUT2D eigenvalue weighted by molar-refractivity contribution is 5.37. The second-order valence-electron chi connectivity index (χ2n) is 4.23. The standard InChI is InChI=1S/C12H12F6O2/c1-6-5-7(3-4-8(6)20-2)9(19)10(11(13,14)15)12(16,17)18/h3-5,9-10,19H,1-2H3. The van der Waals surface area contributed by atoms with Crippen LogP contribution in [0.4, 0.5) is 26.3 Å². The number of benzene rings is 1. The van der Waals surface area contributed by atoms with Gasteiger partial charge in [-0.3, -0.25) is 0 Å². The van der Waals surface area contributed by atoms with Gasteiger partial charge >= 0.3 is 12.4 Å². The molecular formula is C12H12F6O2. The zero-order valence-electron chi connectivity index (χ0n) is 10.5. The largest absolute Gasteiger partial charge is 0.496 e. The van der Waals surface area contributed by atoms with Crippen LogP contribution >= 0.6 is 0 Å². The Morgan fingerprint density at radius 1 is 1.05 bits per heavy atom. The van der Waals surface area contributed by atoms with E-state index in [0.717, 1.165) is 12.1 Å². The van der Waals surface area contributed by atoms with Crippen molar-refractivity contribution in [1.29, 1.82) is 0 Å². The van der Waals surface area contributed by atoms with Crippen LogP contribution in [0.3, 0.4) is 0 Å². The molecule has 2 nitrogen and oxygen atoms in total. The van der Waals surface area contributed by atoms with Crippen molar-refractivity contribution in [2.24, 2.45) is 5.92 Å². The molecule has 1 N–H and O–H groups in total. The molecule has 0 aromatic heterocycles. The predicted molar refractivity (Wildman–Crippen MR) is 58.3 cm³/mol. The van der Waals surface area contributed by atoms with Gasteiger partial charge < -0.3 is 9.84 Å². The van der Waals surface area contributed by atoms with Crippen LogP contribution in [0.1, 0.15) is 17.2 Å². The SMILES string of the molecule is COc1ccc(C(O)C(C(F)(F)F)C(F)(F)F)cc1C. The molecule has 0 amide bonds. The van der Waals surface area contributed by atoms with E-state index in [0.29, 0.717) is 11.3 Å². The Balaban J connectivity index is 3.20. The van der Waals surface area contributed by atoms with Gasteiger partial charge in [-0.15, -0.1) is 0 Å². The number of rotatable bonds is 3. The number of methoxy groups -OCH3 is 1. The van der Waals surface area contributed by atoms with Crippen LogP contribution < -0.4 is 4.74 Å². The van der Waals surface area contributed by atoms with Crippen LogP contribution in [0.15, 0.2) is 18.2 Å². The zero-order chi connectivity index (χ0) is 15.7. The highest BCUT2D eigenvalue weighted by Crippen LogP contribution is 2.46. The summed E-state index contributed by atoms with van der Waals surface area (Å²) in [6.45, 7) is 1.45. The molecule has 114 valence electrons. The first-order valence-corrected chi connectivity index (χ1v) is 5.44. The molecule has 0 saturated heterocycles. The highest BCUT2D eigenvalue weighted by Gasteiger charge is 2.60. The number of aliphatic hydroxyl groups excluding tert-OH is 1. The molecule has 0 aliphatic carbocycles. The number of hydrogen-bond acceptors (Lipinski definition) is 2. The van der Waals surface area contributed by atoms with Crippen molar-refractivity contribution >= 4 is 0 Å². The van der Waals surface area contributed by atoms with E-state index >= 15 is 0 Å². The van der Waals surface area contributed by atoms with Crippen molar-refractivity contribution in [3.63, 3.8) is 0 Å². The van der Waals surface area contributed by atoms with Gasteiger partial charge in [-0.25, -0.2) is 0 Å². The lowest BCUT2D eigenvalue weighted by atomic mass is 9.93. The smallest absolute Gasteiger partial charge is 0.403 e. The molecule has 1 aromatic rings. The van der Waals surface area contributed by atoms with Crippen LogP contribution in [0, 0.1) is 12.8 Å². The van der Waals surface area contributed by atoms with Gasteiger partial charge in [0, 0.05) is 0 Å². The second kappa shape index (κ2) is 5.51. The third-order valence-electron chi connectivity index (χ3n) is 2.78. The topological polar surface area (TPSA) is 29.5 Å². The van der Waals surface area contributed by atoms with Crippen molar-refractivity contribution in [1.82, 2.24) is 0 Å². The molecule has 0 aliphatic rings. The van der Waals surface area contributed by atoms with E-state index in [9.17, 15) is 31.4 Å². The molecule has 1 rings (SSSR count). The average molecular weight is 302 g/mol. The molecule has 1 aromatic carbocycles. The lowest BCUT2D eigenvalue weighted by molar-refractivity contribution is -0.307. The van der Waals surface area contributed by atoms with Crippen LogP contribution in [-0.4, -0.2) is 24.6 Å². The predicted octanol–water partition coefficient (Wildman–Crippen LogP) is 3.78. The number of halogens is 6. The summed E-state index contributed by atoms with van der Waals surface area (Å²) in [5.41, 5.74) is -0.143. The second-order valence-corrected chi connectivity index (χ2v) is 4.23. The Morgan fingerprint density at radius 3 is 1.90 bits per heavy atom. The number of hydrogen-bond donors (Lipinski definition) is 1. The minimum Gasteiger partial charge on any atom is -0.496 e. The quantitative estimate of drug-likeness (QED) is 0.861. The van der Waals surface area contributed by atoms with Gasteiger partial charge in [-0.1, -0.05) is 6.07 Å². The van der Waals surface area contributed by atoms with Crippen molar-refractivity contribution in [3.05, 3.63) is 29.3 Å². The Bertz CT molecular complexity index is 452. The van der Waals surface area contributed by atoms with Crippen molar-refractivity contribution in [2.75, 3.05) is 7.11 Å². The van der Waals surface area contributed by atoms with Crippen molar-refractivity contribution in [2.45, 2.75) is 25.4 Å². The van der Waals surface area contributed by atoms with Crippen LogP contribution in [0.2, 0.25) is 0 Å². The molecule has 20 heavy (non-hydrogen) atoms. The fourth-order valence-corrected chi connectivity index (χ4v) is 1.82. The molecule has 1 unspecified atom stereocenters. The maximum atomic E-state index is 12.5. The van der Waals surface area contributed by atoms with Gasteiger partial charge in [0.15, 0.2) is 5.92 Å². The molecular weight excluding hydrogens is 290 g/mol. The molecule has 0 aliphatic heterocycles. The monoisotopic (exact) mass is 302 g/mol. The van der Waals surface area contributed by atoms with Crippen molar-refractivity contribution in [3.8, 4) is 5.75 Å². The molecule has 0 bridgehead atoms. The summed E-state index contributed by atoms with van der Waals surface area (Å²) in [5, 5.41) is 9.46. The Labute approximate surface area is 111 Å². The van der Waals surface area contributed by atoms with Gasteiger partial charge in [0.25, 0.3) is 0 Å². The molecule has 0 heterocycles. The summed E-state index contributed by atoms with van der Waals surface area (Å²) < 4.78 is 79.8. The Morgan fingerprint density at radius 2 is 1.55 bits per heavy atom. The summed E-state index contributed by atoms with van der Waals surface area (Å²) >= 11 is 0. The van der Waals surface area contributed by atoms with Gasteiger partial charge in [-0.05, 0) is 30.2 Å². The maximum absolute atomic E-state index is 12.5. The minimum absolute atomic E-state index is 0.302. The van der Waals surface area contributed by atoms with E-state index in [2.05, 4.69) is 0 Å². The van der Waals surface area contributed by atoms with Crippen LogP contribution in [-0.2, 0) is 0 Å². The zero-order valence-corrected chi connectivity index (χ0v) is 10.5. The third-order valence-corrected chi connectivity index (χ3v) is 2.78. The average Bonchev–Trinajstić information content (AvgIpc) is 2.24. The minimum atomic E-state index is -5.59. The van der Waals surface area contributed by atoms with E-state index in [1.165, 1.54) is 20.1 Å². The Kier molecular flexibility index (Phi) is 4.58. The van der Waals surface area contributed by atoms with E-state index in [-0.39, 0.29) is 0 Å². The van der Waals surface area contributed by atoms with Gasteiger partial charge in [0.05, 0.1) is 13.2 Å². The molecule has 0 fully saturated rings. The summed E-state index contributed by atoms with van der Waals surface area (Å²) in [6, 6.07) is 3.21. The molecule has 0 radical (unpaired) electrons. The molecule has 0 saturated carbocycles.